The molecule has 0 spiro atoms. The van der Waals surface area contributed by atoms with Crippen molar-refractivity contribution < 1.29 is 13.3 Å². The highest BCUT2D eigenvalue weighted by atomic mass is 32.1. The lowest BCUT2D eigenvalue weighted by Gasteiger charge is -2.14. The van der Waals surface area contributed by atoms with E-state index in [0.29, 0.717) is 0 Å². The van der Waals surface area contributed by atoms with Crippen molar-refractivity contribution in [3.05, 3.63) is 467 Å². The van der Waals surface area contributed by atoms with Crippen molar-refractivity contribution in [1.29, 1.82) is 0 Å². The minimum Gasteiger partial charge on any atom is -0.456 e. The predicted molar refractivity (Wildman–Crippen MR) is 583 cm³/mol. The van der Waals surface area contributed by atoms with Gasteiger partial charge in [0.25, 0.3) is 0 Å². The van der Waals surface area contributed by atoms with Crippen LogP contribution in [0.3, 0.4) is 0 Å². The highest BCUT2D eigenvalue weighted by Crippen LogP contribution is 2.51. The molecule has 0 saturated heterocycles. The number of rotatable bonds is 8. The molecular weight excluding hydrogens is 1700 g/mol. The van der Waals surface area contributed by atoms with Crippen LogP contribution >= 0.6 is 11.3 Å². The van der Waals surface area contributed by atoms with Gasteiger partial charge in [0.05, 0.1) is 39.4 Å². The average molecular weight is 1770 g/mol. The fraction of sp³-hybridized carbons (Fsp3) is 0. The predicted octanol–water partition coefficient (Wildman–Crippen LogP) is 37.3. The van der Waals surface area contributed by atoms with Crippen LogP contribution in [0.5, 0.6) is 0 Å². The number of nitrogens with zero attached hydrogens (tertiary/aromatic N) is 3. The largest absolute Gasteiger partial charge is 0.456 e. The molecule has 138 heavy (non-hydrogen) atoms. The summed E-state index contributed by atoms with van der Waals surface area (Å²) in [6, 6.07) is 167. The first-order valence-corrected chi connectivity index (χ1v) is 47.8. The SMILES string of the molecule is c1ccc(-c2cccc3c2oc2c(-c4cccc(-c5cc6c(ccc7sc8ccc9ccccc9c8c76)c(-c6ccc7ccccc7c6)n5)c4)cccc23)cc1.c1ccc2cc(-c3cc(-c4cccc5ccccc45)c4ccc5oc6ccc7ccccc7c6c5c4n3)ccc2c1.c1ccc2cc(-c3nc(-c4cccc5ccccc45)cc4c3ccc3oc5ccc6ccccc6c5c34)ccc2c1. The maximum absolute atomic E-state index is 6.84. The van der Waals surface area contributed by atoms with Crippen molar-refractivity contribution in [3.8, 4) is 89.7 Å². The summed E-state index contributed by atoms with van der Waals surface area (Å²) in [6.45, 7) is 0. The molecule has 7 heterocycles. The lowest BCUT2D eigenvalue weighted by Crippen LogP contribution is -1.93. The molecule has 30 rings (SSSR count). The van der Waals surface area contributed by atoms with Gasteiger partial charge in [-0.25, -0.2) is 15.0 Å². The number of hydrogen-bond acceptors (Lipinski definition) is 7. The van der Waals surface area contributed by atoms with E-state index < -0.39 is 0 Å². The molecule has 0 aliphatic carbocycles. The molecular formula is C131H77N3O3S. The monoisotopic (exact) mass is 1770 g/mol. The Balaban J connectivity index is 0.000000104. The summed E-state index contributed by atoms with van der Waals surface area (Å²) in [7, 11) is 0. The van der Waals surface area contributed by atoms with Gasteiger partial charge in [0, 0.05) is 102 Å². The van der Waals surface area contributed by atoms with Gasteiger partial charge in [0.1, 0.15) is 33.5 Å². The molecule has 30 aromatic rings. The van der Waals surface area contributed by atoms with Crippen LogP contribution in [0.4, 0.5) is 0 Å². The standard InChI is InChI=1S/C53H31NOS.2C39H23NO/c1-2-12-33(13-3-1)40-19-9-21-43-44-22-10-20-41(53(44)55-52(40)43)36-16-8-17-37(30-36)46-31-45-42(51(54-46)38-24-23-32-11-4-5-15-35(32)29-38)26-28-48-50(45)49-39-18-7-6-14-34(39)25-27-47(49)56-48;1-2-11-27-22-28(17-16-24(27)8-1)39-32-19-21-36-38(37-30-14-6-4-10-26(30)18-20-35(37)41-36)33(32)23-34(40-39)31-15-7-12-25-9-3-5-13-29(25)31;1-2-11-27-22-28(17-16-24(27)8-1)34-23-33(31-15-7-12-25-9-3-5-13-29(25)31)32-19-21-36-38(39(32)40-34)37-30-14-6-4-10-26(30)18-20-35(37)41-36/h1-31H;2*1-23H. The Hall–Kier alpha value is -18.0. The number of para-hydroxylation sites is 2. The summed E-state index contributed by atoms with van der Waals surface area (Å²) < 4.78 is 22.3. The van der Waals surface area contributed by atoms with Gasteiger partial charge < -0.3 is 13.3 Å². The van der Waals surface area contributed by atoms with Crippen LogP contribution in [0.25, 0.3) is 294 Å². The maximum Gasteiger partial charge on any atom is 0.143 e. The van der Waals surface area contributed by atoms with E-state index in [-0.39, 0.29) is 0 Å². The average Bonchev–Trinajstić information content (AvgIpc) is 1.55. The van der Waals surface area contributed by atoms with E-state index in [2.05, 4.69) is 467 Å². The Morgan fingerprint density at radius 3 is 1.10 bits per heavy atom. The fourth-order valence-electron chi connectivity index (χ4n) is 21.8. The molecule has 0 saturated carbocycles. The van der Waals surface area contributed by atoms with Crippen molar-refractivity contribution >= 4 is 216 Å². The van der Waals surface area contributed by atoms with Crippen molar-refractivity contribution in [3.63, 3.8) is 0 Å². The minimum absolute atomic E-state index is 0.857. The summed E-state index contributed by atoms with van der Waals surface area (Å²) in [4.78, 5) is 16.4. The first kappa shape index (κ1) is 78.6. The van der Waals surface area contributed by atoms with Gasteiger partial charge in [-0.2, -0.15) is 0 Å². The van der Waals surface area contributed by atoms with E-state index >= 15 is 0 Å². The van der Waals surface area contributed by atoms with Crippen molar-refractivity contribution in [2.24, 2.45) is 0 Å². The molecule has 7 aromatic heterocycles. The number of aromatic nitrogens is 3. The summed E-state index contributed by atoms with van der Waals surface area (Å²) in [5, 5.41) is 34.5. The van der Waals surface area contributed by atoms with Crippen LogP contribution in [0.15, 0.2) is 480 Å². The van der Waals surface area contributed by atoms with Gasteiger partial charge in [-0.1, -0.05) is 376 Å². The molecule has 6 nitrogen and oxygen atoms in total. The summed E-state index contributed by atoms with van der Waals surface area (Å²) in [6.07, 6.45) is 0. The molecule has 0 unspecified atom stereocenters. The van der Waals surface area contributed by atoms with Gasteiger partial charge in [0.2, 0.25) is 0 Å². The number of pyridine rings is 3. The van der Waals surface area contributed by atoms with E-state index in [1.54, 1.807) is 0 Å². The zero-order valence-electron chi connectivity index (χ0n) is 74.4. The smallest absolute Gasteiger partial charge is 0.143 e. The van der Waals surface area contributed by atoms with Gasteiger partial charge >= 0.3 is 0 Å². The summed E-state index contributed by atoms with van der Waals surface area (Å²) >= 11 is 1.87. The second-order valence-electron chi connectivity index (χ2n) is 36.1. The molecule has 640 valence electrons. The number of hydrogen-bond donors (Lipinski definition) is 0. The second kappa shape index (κ2) is 31.9. The highest BCUT2D eigenvalue weighted by molar-refractivity contribution is 7.26. The Labute approximate surface area is 795 Å². The molecule has 23 aromatic carbocycles. The molecule has 0 bridgehead atoms. The van der Waals surface area contributed by atoms with Crippen LogP contribution in [-0.4, -0.2) is 15.0 Å². The molecule has 0 radical (unpaired) electrons. The third-order valence-corrected chi connectivity index (χ3v) is 29.4. The molecule has 0 N–H and O–H groups in total. The Kier molecular flexibility index (Phi) is 18.2. The van der Waals surface area contributed by atoms with Crippen molar-refractivity contribution in [2.45, 2.75) is 0 Å². The molecule has 0 atom stereocenters. The normalized spacial score (nSPS) is 11.9. The Bertz CT molecular complexity index is 10200. The number of benzene rings is 23. The number of furan rings is 3. The second-order valence-corrected chi connectivity index (χ2v) is 37.2. The van der Waals surface area contributed by atoms with E-state index in [1.807, 2.05) is 11.3 Å². The lowest BCUT2D eigenvalue weighted by atomic mass is 9.92. The molecule has 0 aliphatic heterocycles. The van der Waals surface area contributed by atoms with Gasteiger partial charge in [-0.15, -0.1) is 11.3 Å². The van der Waals surface area contributed by atoms with Crippen LogP contribution in [0.1, 0.15) is 0 Å². The van der Waals surface area contributed by atoms with Crippen molar-refractivity contribution in [1.82, 2.24) is 15.0 Å². The van der Waals surface area contributed by atoms with Gasteiger partial charge in [-0.05, 0) is 210 Å². The van der Waals surface area contributed by atoms with E-state index in [9.17, 15) is 0 Å². The number of thiophene rings is 1. The first-order valence-electron chi connectivity index (χ1n) is 47.0. The molecule has 0 amide bonds. The molecule has 0 aliphatic rings. The van der Waals surface area contributed by atoms with Gasteiger partial charge in [0.15, 0.2) is 0 Å². The quantitative estimate of drug-likeness (QED) is 0.151. The topological polar surface area (TPSA) is 78.1 Å². The molecule has 7 heteroatoms. The zero-order valence-corrected chi connectivity index (χ0v) is 75.2. The minimum atomic E-state index is 0.857. The lowest BCUT2D eigenvalue weighted by molar-refractivity contribution is 0.669. The fourth-order valence-corrected chi connectivity index (χ4v) is 22.9. The van der Waals surface area contributed by atoms with Gasteiger partial charge in [-0.3, -0.25) is 0 Å². The van der Waals surface area contributed by atoms with Crippen molar-refractivity contribution in [2.75, 3.05) is 0 Å². The first-order chi connectivity index (χ1) is 68.4. The Morgan fingerprint density at radius 2 is 0.507 bits per heavy atom. The highest BCUT2D eigenvalue weighted by Gasteiger charge is 2.26. The summed E-state index contributed by atoms with van der Waals surface area (Å²) in [5.74, 6) is 0. The third kappa shape index (κ3) is 13.0. The number of fused-ring (bicyclic) bond motifs is 29. The van der Waals surface area contributed by atoms with Crippen LogP contribution in [-0.2, 0) is 0 Å². The zero-order chi connectivity index (χ0) is 90.6. The summed E-state index contributed by atoms with van der Waals surface area (Å²) in [5.41, 5.74) is 23.4. The molecule has 0 fully saturated rings. The van der Waals surface area contributed by atoms with E-state index in [4.69, 9.17) is 28.2 Å². The Morgan fingerprint density at radius 1 is 0.159 bits per heavy atom. The van der Waals surface area contributed by atoms with Crippen LogP contribution < -0.4 is 0 Å². The van der Waals surface area contributed by atoms with E-state index in [1.165, 1.54) is 123 Å². The third-order valence-electron chi connectivity index (χ3n) is 28.3. The maximum atomic E-state index is 6.84. The van der Waals surface area contributed by atoms with E-state index in [0.717, 1.165) is 171 Å². The van der Waals surface area contributed by atoms with Crippen LogP contribution in [0.2, 0.25) is 0 Å². The van der Waals surface area contributed by atoms with Crippen LogP contribution in [0, 0.1) is 0 Å².